The molecule has 0 aromatic carbocycles. The van der Waals surface area contributed by atoms with Gasteiger partial charge in [0.05, 0.1) is 5.39 Å². The van der Waals surface area contributed by atoms with Gasteiger partial charge < -0.3 is 5.32 Å². The summed E-state index contributed by atoms with van der Waals surface area (Å²) in [5, 5.41) is 6.58. The predicted molar refractivity (Wildman–Crippen MR) is 78.9 cm³/mol. The van der Waals surface area contributed by atoms with Crippen LogP contribution in [0.3, 0.4) is 0 Å². The summed E-state index contributed by atoms with van der Waals surface area (Å²) in [4.78, 5) is 9.89. The highest BCUT2D eigenvalue weighted by Crippen LogP contribution is 2.29. The van der Waals surface area contributed by atoms with Crippen LogP contribution in [0.25, 0.3) is 10.2 Å². The standard InChI is InChI=1S/C12H17N3OS2/c1-7-6-17-12-10(7)11(14-9(3)15-12)13-5-8(2)18(4)16/h6,8H,5H2,1-4H3,(H,13,14,15)/t8-,18+/m1/s1. The smallest absolute Gasteiger partial charge is 0.138 e. The van der Waals surface area contributed by atoms with E-state index in [0.29, 0.717) is 6.54 Å². The van der Waals surface area contributed by atoms with Crippen LogP contribution in [0.5, 0.6) is 0 Å². The number of aryl methyl sites for hydroxylation is 2. The van der Waals surface area contributed by atoms with Crippen molar-refractivity contribution in [2.24, 2.45) is 0 Å². The van der Waals surface area contributed by atoms with Gasteiger partial charge in [-0.3, -0.25) is 4.21 Å². The molecule has 4 nitrogen and oxygen atoms in total. The van der Waals surface area contributed by atoms with Crippen LogP contribution in [-0.4, -0.2) is 32.2 Å². The lowest BCUT2D eigenvalue weighted by atomic mass is 10.2. The fraction of sp³-hybridized carbons (Fsp3) is 0.500. The lowest BCUT2D eigenvalue weighted by molar-refractivity contribution is 0.679. The van der Waals surface area contributed by atoms with Crippen molar-refractivity contribution in [1.29, 1.82) is 0 Å². The zero-order valence-electron chi connectivity index (χ0n) is 11.0. The minimum Gasteiger partial charge on any atom is -0.368 e. The van der Waals surface area contributed by atoms with Gasteiger partial charge in [0.15, 0.2) is 0 Å². The average molecular weight is 283 g/mol. The van der Waals surface area contributed by atoms with Gasteiger partial charge in [0.25, 0.3) is 0 Å². The second kappa shape index (κ2) is 5.32. The van der Waals surface area contributed by atoms with E-state index in [0.717, 1.165) is 21.9 Å². The normalized spacial score (nSPS) is 14.7. The van der Waals surface area contributed by atoms with Crippen molar-refractivity contribution < 1.29 is 4.21 Å². The van der Waals surface area contributed by atoms with E-state index in [1.165, 1.54) is 5.56 Å². The van der Waals surface area contributed by atoms with Crippen LogP contribution in [-0.2, 0) is 10.8 Å². The number of rotatable bonds is 4. The van der Waals surface area contributed by atoms with E-state index in [1.807, 2.05) is 13.8 Å². The van der Waals surface area contributed by atoms with Crippen LogP contribution < -0.4 is 5.32 Å². The third kappa shape index (κ3) is 2.70. The molecule has 18 heavy (non-hydrogen) atoms. The summed E-state index contributed by atoms with van der Waals surface area (Å²) in [6, 6.07) is 0. The molecule has 2 aromatic rings. The number of thiophene rings is 1. The first-order valence-corrected chi connectivity index (χ1v) is 8.27. The molecule has 6 heteroatoms. The van der Waals surface area contributed by atoms with E-state index in [9.17, 15) is 4.21 Å². The Hall–Kier alpha value is -1.01. The Balaban J connectivity index is 2.32. The van der Waals surface area contributed by atoms with Crippen molar-refractivity contribution in [2.45, 2.75) is 26.0 Å². The molecule has 0 amide bonds. The maximum Gasteiger partial charge on any atom is 0.138 e. The van der Waals surface area contributed by atoms with E-state index in [4.69, 9.17) is 0 Å². The first-order chi connectivity index (χ1) is 8.49. The summed E-state index contributed by atoms with van der Waals surface area (Å²) in [5.74, 6) is 1.62. The molecule has 2 heterocycles. The van der Waals surface area contributed by atoms with Crippen molar-refractivity contribution in [1.82, 2.24) is 9.97 Å². The molecule has 98 valence electrons. The molecule has 0 saturated heterocycles. The molecule has 0 radical (unpaired) electrons. The number of anilines is 1. The largest absolute Gasteiger partial charge is 0.368 e. The van der Waals surface area contributed by atoms with Gasteiger partial charge in [0, 0.05) is 28.9 Å². The van der Waals surface area contributed by atoms with Crippen LogP contribution in [0, 0.1) is 13.8 Å². The molecular weight excluding hydrogens is 266 g/mol. The Labute approximate surface area is 113 Å². The van der Waals surface area contributed by atoms with Crippen molar-refractivity contribution in [2.75, 3.05) is 18.1 Å². The molecule has 0 aliphatic carbocycles. The summed E-state index contributed by atoms with van der Waals surface area (Å²) in [7, 11) is -0.822. The fourth-order valence-electron chi connectivity index (χ4n) is 1.68. The van der Waals surface area contributed by atoms with Crippen molar-refractivity contribution in [3.05, 3.63) is 16.8 Å². The van der Waals surface area contributed by atoms with Crippen molar-refractivity contribution >= 4 is 38.2 Å². The Kier molecular flexibility index (Phi) is 3.97. The average Bonchev–Trinajstić information content (AvgIpc) is 2.67. The van der Waals surface area contributed by atoms with Crippen LogP contribution >= 0.6 is 11.3 Å². The van der Waals surface area contributed by atoms with Gasteiger partial charge in [0.2, 0.25) is 0 Å². The molecule has 2 rings (SSSR count). The van der Waals surface area contributed by atoms with E-state index in [-0.39, 0.29) is 5.25 Å². The number of aromatic nitrogens is 2. The number of nitrogens with zero attached hydrogens (tertiary/aromatic N) is 2. The summed E-state index contributed by atoms with van der Waals surface area (Å²) >= 11 is 1.63. The Morgan fingerprint density at radius 1 is 1.44 bits per heavy atom. The first kappa shape index (κ1) is 13.4. The second-order valence-electron chi connectivity index (χ2n) is 4.41. The Morgan fingerprint density at radius 2 is 2.17 bits per heavy atom. The lowest BCUT2D eigenvalue weighted by Crippen LogP contribution is -2.21. The van der Waals surface area contributed by atoms with Gasteiger partial charge in [0.1, 0.15) is 16.5 Å². The van der Waals surface area contributed by atoms with Gasteiger partial charge in [-0.05, 0) is 31.7 Å². The van der Waals surface area contributed by atoms with Gasteiger partial charge >= 0.3 is 0 Å². The highest BCUT2D eigenvalue weighted by atomic mass is 32.2. The molecule has 1 N–H and O–H groups in total. The van der Waals surface area contributed by atoms with Crippen molar-refractivity contribution in [3.8, 4) is 0 Å². The lowest BCUT2D eigenvalue weighted by Gasteiger charge is -2.12. The molecule has 0 aliphatic heterocycles. The Bertz CT molecular complexity index is 594. The number of hydrogen-bond donors (Lipinski definition) is 1. The second-order valence-corrected chi connectivity index (χ2v) is 7.07. The molecule has 0 unspecified atom stereocenters. The zero-order valence-corrected chi connectivity index (χ0v) is 12.6. The maximum absolute atomic E-state index is 11.4. The summed E-state index contributed by atoms with van der Waals surface area (Å²) in [5.41, 5.74) is 1.18. The van der Waals surface area contributed by atoms with Crippen LogP contribution in [0.4, 0.5) is 5.82 Å². The Morgan fingerprint density at radius 3 is 2.83 bits per heavy atom. The maximum atomic E-state index is 11.4. The molecule has 2 atom stereocenters. The first-order valence-electron chi connectivity index (χ1n) is 5.77. The number of hydrogen-bond acceptors (Lipinski definition) is 5. The van der Waals surface area contributed by atoms with Crippen LogP contribution in [0.1, 0.15) is 18.3 Å². The molecule has 0 saturated carbocycles. The van der Waals surface area contributed by atoms with E-state index < -0.39 is 10.8 Å². The van der Waals surface area contributed by atoms with Gasteiger partial charge in [-0.15, -0.1) is 11.3 Å². The molecule has 0 fully saturated rings. The van der Waals surface area contributed by atoms with E-state index in [1.54, 1.807) is 17.6 Å². The third-order valence-electron chi connectivity index (χ3n) is 2.85. The van der Waals surface area contributed by atoms with Gasteiger partial charge in [-0.2, -0.15) is 0 Å². The van der Waals surface area contributed by atoms with E-state index >= 15 is 0 Å². The van der Waals surface area contributed by atoms with Gasteiger partial charge in [-0.1, -0.05) is 0 Å². The predicted octanol–water partition coefficient (Wildman–Crippen LogP) is 2.49. The molecule has 0 bridgehead atoms. The summed E-state index contributed by atoms with van der Waals surface area (Å²) in [6.07, 6.45) is 1.73. The van der Waals surface area contributed by atoms with Crippen molar-refractivity contribution in [3.63, 3.8) is 0 Å². The topological polar surface area (TPSA) is 54.9 Å². The quantitative estimate of drug-likeness (QED) is 0.936. The SMILES string of the molecule is Cc1nc(NC[C@@H](C)[S@](C)=O)c2c(C)csc2n1. The third-order valence-corrected chi connectivity index (χ3v) is 5.14. The van der Waals surface area contributed by atoms with E-state index in [2.05, 4.69) is 27.6 Å². The summed E-state index contributed by atoms with van der Waals surface area (Å²) in [6.45, 7) is 6.57. The molecule has 2 aromatic heterocycles. The minimum atomic E-state index is -0.822. The van der Waals surface area contributed by atoms with Crippen LogP contribution in [0.2, 0.25) is 0 Å². The highest BCUT2D eigenvalue weighted by Gasteiger charge is 2.12. The minimum absolute atomic E-state index is 0.106. The molecular formula is C12H17N3OS2. The fourth-order valence-corrected chi connectivity index (χ4v) is 2.96. The summed E-state index contributed by atoms with van der Waals surface area (Å²) < 4.78 is 11.4. The monoisotopic (exact) mass is 283 g/mol. The molecule has 0 spiro atoms. The zero-order chi connectivity index (χ0) is 13.3. The van der Waals surface area contributed by atoms with Crippen LogP contribution in [0.15, 0.2) is 5.38 Å². The molecule has 0 aliphatic rings. The highest BCUT2D eigenvalue weighted by molar-refractivity contribution is 7.84. The number of fused-ring (bicyclic) bond motifs is 1. The van der Waals surface area contributed by atoms with Gasteiger partial charge in [-0.25, -0.2) is 9.97 Å². The number of nitrogens with one attached hydrogen (secondary N) is 1.